The third-order valence-corrected chi connectivity index (χ3v) is 5.61. The van der Waals surface area contributed by atoms with E-state index in [2.05, 4.69) is 5.32 Å². The van der Waals surface area contributed by atoms with Crippen LogP contribution in [0.2, 0.25) is 10.0 Å². The summed E-state index contributed by atoms with van der Waals surface area (Å²) in [6.45, 7) is -0.0719. The largest absolute Gasteiger partial charge is 0.459 e. The van der Waals surface area contributed by atoms with Crippen molar-refractivity contribution in [1.29, 1.82) is 0 Å². The minimum absolute atomic E-state index is 0.0719. The maximum absolute atomic E-state index is 12.7. The van der Waals surface area contributed by atoms with E-state index in [9.17, 15) is 9.59 Å². The Kier molecular flexibility index (Phi) is 7.09. The van der Waals surface area contributed by atoms with Gasteiger partial charge >= 0.3 is 5.97 Å². The summed E-state index contributed by atoms with van der Waals surface area (Å²) < 4.78 is 5.42. The minimum atomic E-state index is -0.835. The molecule has 1 atom stereocenters. The Bertz CT molecular complexity index is 925. The summed E-state index contributed by atoms with van der Waals surface area (Å²) in [6, 6.07) is 17.1. The Morgan fingerprint density at radius 3 is 2.32 bits per heavy atom. The van der Waals surface area contributed by atoms with Crippen LogP contribution < -0.4 is 5.32 Å². The van der Waals surface area contributed by atoms with Gasteiger partial charge in [-0.15, -0.1) is 11.3 Å². The minimum Gasteiger partial charge on any atom is -0.459 e. The molecule has 7 heteroatoms. The van der Waals surface area contributed by atoms with E-state index in [-0.39, 0.29) is 12.5 Å². The number of nitrogens with one attached hydrogen (secondary N) is 1. The van der Waals surface area contributed by atoms with Crippen LogP contribution in [-0.2, 0) is 22.6 Å². The van der Waals surface area contributed by atoms with Crippen molar-refractivity contribution in [3.8, 4) is 0 Å². The fraction of sp³-hybridized carbons (Fsp3) is 0.143. The standard InChI is InChI=1S/C21H17Cl2NO3S/c22-16-8-4-9-17(23)15(16)13-27-21(26)18(12-14-6-2-1-3-7-14)24-20(25)19-10-5-11-28-19/h1-11,18H,12-13H2,(H,24,25)/t18-/m1/s1. The molecule has 0 aliphatic carbocycles. The van der Waals surface area contributed by atoms with Gasteiger partial charge < -0.3 is 10.1 Å². The van der Waals surface area contributed by atoms with Crippen molar-refractivity contribution in [1.82, 2.24) is 5.32 Å². The molecule has 1 amide bonds. The van der Waals surface area contributed by atoms with Crippen LogP contribution in [0.3, 0.4) is 0 Å². The van der Waals surface area contributed by atoms with E-state index < -0.39 is 12.0 Å². The van der Waals surface area contributed by atoms with E-state index in [4.69, 9.17) is 27.9 Å². The van der Waals surface area contributed by atoms with Gasteiger partial charge in [-0.25, -0.2) is 4.79 Å². The topological polar surface area (TPSA) is 55.4 Å². The summed E-state index contributed by atoms with van der Waals surface area (Å²) in [5.74, 6) is -0.867. The number of esters is 1. The molecule has 4 nitrogen and oxygen atoms in total. The number of hydrogen-bond donors (Lipinski definition) is 1. The van der Waals surface area contributed by atoms with E-state index in [1.54, 1.807) is 35.7 Å². The molecule has 1 N–H and O–H groups in total. The van der Waals surface area contributed by atoms with Gasteiger partial charge in [-0.2, -0.15) is 0 Å². The van der Waals surface area contributed by atoms with Gasteiger partial charge in [0.15, 0.2) is 0 Å². The number of benzene rings is 2. The van der Waals surface area contributed by atoms with Crippen molar-refractivity contribution >= 4 is 46.4 Å². The van der Waals surface area contributed by atoms with Gasteiger partial charge in [0, 0.05) is 22.0 Å². The zero-order chi connectivity index (χ0) is 19.9. The molecule has 0 aliphatic rings. The van der Waals surface area contributed by atoms with Crippen molar-refractivity contribution in [2.45, 2.75) is 19.1 Å². The van der Waals surface area contributed by atoms with Gasteiger partial charge in [0.25, 0.3) is 5.91 Å². The lowest BCUT2D eigenvalue weighted by atomic mass is 10.1. The second kappa shape index (κ2) is 9.73. The number of amides is 1. The van der Waals surface area contributed by atoms with E-state index in [0.29, 0.717) is 26.9 Å². The van der Waals surface area contributed by atoms with Crippen LogP contribution in [0.15, 0.2) is 66.0 Å². The monoisotopic (exact) mass is 433 g/mol. The summed E-state index contributed by atoms with van der Waals surface area (Å²) in [5, 5.41) is 5.41. The van der Waals surface area contributed by atoms with Gasteiger partial charge in [0.1, 0.15) is 12.6 Å². The second-order valence-electron chi connectivity index (χ2n) is 6.00. The predicted octanol–water partition coefficient (Wildman–Crippen LogP) is 5.14. The number of ether oxygens (including phenoxy) is 1. The zero-order valence-electron chi connectivity index (χ0n) is 14.7. The first-order valence-electron chi connectivity index (χ1n) is 8.52. The molecule has 28 heavy (non-hydrogen) atoms. The number of rotatable bonds is 7. The molecular formula is C21H17Cl2NO3S. The first-order chi connectivity index (χ1) is 13.5. The molecule has 2 aromatic carbocycles. The Morgan fingerprint density at radius 1 is 0.964 bits per heavy atom. The van der Waals surface area contributed by atoms with Crippen LogP contribution in [0.25, 0.3) is 0 Å². The molecule has 0 saturated carbocycles. The summed E-state index contributed by atoms with van der Waals surface area (Å²) in [7, 11) is 0. The second-order valence-corrected chi connectivity index (χ2v) is 7.76. The fourth-order valence-corrected chi connectivity index (χ4v) is 3.73. The van der Waals surface area contributed by atoms with Gasteiger partial charge in [-0.3, -0.25) is 4.79 Å². The number of carbonyl (C=O) groups is 2. The van der Waals surface area contributed by atoms with Gasteiger partial charge in [-0.05, 0) is 29.1 Å². The van der Waals surface area contributed by atoms with Crippen LogP contribution in [0, 0.1) is 0 Å². The zero-order valence-corrected chi connectivity index (χ0v) is 17.1. The van der Waals surface area contributed by atoms with Gasteiger partial charge in [0.2, 0.25) is 0 Å². The Morgan fingerprint density at radius 2 is 1.68 bits per heavy atom. The molecule has 0 bridgehead atoms. The van der Waals surface area contributed by atoms with Crippen molar-refractivity contribution in [2.24, 2.45) is 0 Å². The van der Waals surface area contributed by atoms with Crippen LogP contribution in [0.4, 0.5) is 0 Å². The highest BCUT2D eigenvalue weighted by Gasteiger charge is 2.24. The first kappa shape index (κ1) is 20.4. The maximum atomic E-state index is 12.7. The highest BCUT2D eigenvalue weighted by atomic mass is 35.5. The van der Waals surface area contributed by atoms with Crippen molar-refractivity contribution in [3.63, 3.8) is 0 Å². The molecule has 0 aliphatic heterocycles. The third-order valence-electron chi connectivity index (χ3n) is 4.04. The molecule has 0 radical (unpaired) electrons. The highest BCUT2D eigenvalue weighted by Crippen LogP contribution is 2.25. The van der Waals surface area contributed by atoms with Crippen LogP contribution in [0.5, 0.6) is 0 Å². The molecule has 1 aromatic heterocycles. The van der Waals surface area contributed by atoms with Crippen molar-refractivity contribution in [3.05, 3.63) is 92.1 Å². The summed E-state index contributed by atoms with van der Waals surface area (Å²) in [6.07, 6.45) is 0.313. The van der Waals surface area contributed by atoms with Crippen LogP contribution in [-0.4, -0.2) is 17.9 Å². The molecule has 0 unspecified atom stereocenters. The van der Waals surface area contributed by atoms with E-state index in [1.165, 1.54) is 11.3 Å². The van der Waals surface area contributed by atoms with E-state index in [0.717, 1.165) is 5.56 Å². The van der Waals surface area contributed by atoms with Crippen LogP contribution in [0.1, 0.15) is 20.8 Å². The Balaban J connectivity index is 1.73. The van der Waals surface area contributed by atoms with Crippen molar-refractivity contribution < 1.29 is 14.3 Å². The van der Waals surface area contributed by atoms with Crippen LogP contribution >= 0.6 is 34.5 Å². The maximum Gasteiger partial charge on any atom is 0.329 e. The molecular weight excluding hydrogens is 417 g/mol. The quantitative estimate of drug-likeness (QED) is 0.524. The van der Waals surface area contributed by atoms with E-state index in [1.807, 2.05) is 30.3 Å². The van der Waals surface area contributed by atoms with Gasteiger partial charge in [-0.1, -0.05) is 65.7 Å². The average Bonchev–Trinajstić information content (AvgIpc) is 3.22. The smallest absolute Gasteiger partial charge is 0.329 e. The SMILES string of the molecule is O=C(N[C@H](Cc1ccccc1)C(=O)OCc1c(Cl)cccc1Cl)c1cccs1. The molecule has 0 spiro atoms. The Labute approximate surface area is 177 Å². The summed E-state index contributed by atoms with van der Waals surface area (Å²) in [4.78, 5) is 25.7. The number of halogens is 2. The number of thiophene rings is 1. The first-order valence-corrected chi connectivity index (χ1v) is 10.2. The lowest BCUT2D eigenvalue weighted by Gasteiger charge is -2.18. The fourth-order valence-electron chi connectivity index (χ4n) is 2.59. The summed E-state index contributed by atoms with van der Waals surface area (Å²) in [5.41, 5.74) is 1.44. The van der Waals surface area contributed by atoms with Gasteiger partial charge in [0.05, 0.1) is 4.88 Å². The molecule has 3 rings (SSSR count). The normalized spacial score (nSPS) is 11.6. The predicted molar refractivity (Wildman–Crippen MR) is 112 cm³/mol. The molecule has 144 valence electrons. The number of hydrogen-bond acceptors (Lipinski definition) is 4. The molecule has 0 saturated heterocycles. The average molecular weight is 434 g/mol. The third kappa shape index (κ3) is 5.35. The molecule has 3 aromatic rings. The van der Waals surface area contributed by atoms with E-state index >= 15 is 0 Å². The summed E-state index contributed by atoms with van der Waals surface area (Å²) >= 11 is 13.6. The van der Waals surface area contributed by atoms with Crippen molar-refractivity contribution in [2.75, 3.05) is 0 Å². The Hall–Kier alpha value is -2.34. The molecule has 1 heterocycles. The lowest BCUT2D eigenvalue weighted by molar-refractivity contribution is -0.147. The molecule has 0 fully saturated rings. The number of carbonyl (C=O) groups excluding carboxylic acids is 2. The lowest BCUT2D eigenvalue weighted by Crippen LogP contribution is -2.43. The highest BCUT2D eigenvalue weighted by molar-refractivity contribution is 7.12.